The first-order chi connectivity index (χ1) is 19.7. The summed E-state index contributed by atoms with van der Waals surface area (Å²) in [4.78, 5) is 92.3. The lowest BCUT2D eigenvalue weighted by Crippen LogP contribution is -2.57. The van der Waals surface area contributed by atoms with Crippen LogP contribution in [0.15, 0.2) is 12.5 Å². The van der Waals surface area contributed by atoms with Crippen LogP contribution in [-0.2, 0) is 40.0 Å². The van der Waals surface area contributed by atoms with E-state index in [4.69, 9.17) is 16.6 Å². The first-order valence-electron chi connectivity index (χ1n) is 13.4. The molecule has 0 unspecified atom stereocenters. The number of carboxylic acids is 1. The number of rotatable bonds is 19. The summed E-state index contributed by atoms with van der Waals surface area (Å²) in [5, 5.41) is 21.1. The Hall–Kier alpha value is -4.54. The highest BCUT2D eigenvalue weighted by molar-refractivity contribution is 5.96. The van der Waals surface area contributed by atoms with Crippen molar-refractivity contribution in [1.82, 2.24) is 36.6 Å². The number of nitrogens with one attached hydrogen (secondary N) is 6. The average Bonchev–Trinajstić information content (AvgIpc) is 3.41. The van der Waals surface area contributed by atoms with Crippen LogP contribution in [0, 0.1) is 5.92 Å². The second-order valence-electron chi connectivity index (χ2n) is 9.95. The molecule has 1 rings (SSSR count). The van der Waals surface area contributed by atoms with Gasteiger partial charge >= 0.3 is 5.97 Å². The van der Waals surface area contributed by atoms with Gasteiger partial charge in [-0.15, -0.1) is 0 Å². The summed E-state index contributed by atoms with van der Waals surface area (Å²) in [5.74, 6) is -6.21. The zero-order valence-corrected chi connectivity index (χ0v) is 23.9. The third-order valence-corrected chi connectivity index (χ3v) is 5.98. The maximum Gasteiger partial charge on any atom is 0.305 e. The summed E-state index contributed by atoms with van der Waals surface area (Å²) in [7, 11) is 0. The number of aliphatic carboxylic acids is 1. The fourth-order valence-electron chi connectivity index (χ4n) is 3.82. The molecule has 0 aliphatic carbocycles. The van der Waals surface area contributed by atoms with E-state index in [9.17, 15) is 33.6 Å². The maximum absolute atomic E-state index is 13.0. The summed E-state index contributed by atoms with van der Waals surface area (Å²) >= 11 is 0. The Morgan fingerprint density at radius 1 is 0.929 bits per heavy atom. The van der Waals surface area contributed by atoms with Crippen molar-refractivity contribution in [2.45, 2.75) is 77.0 Å². The first kappa shape index (κ1) is 35.5. The molecule has 0 fully saturated rings. The Bertz CT molecular complexity index is 1080. The number of nitrogens with two attached hydrogens (primary N) is 2. The molecule has 0 saturated carbocycles. The van der Waals surface area contributed by atoms with E-state index in [1.807, 2.05) is 0 Å². The van der Waals surface area contributed by atoms with Crippen LogP contribution in [0.5, 0.6) is 0 Å². The van der Waals surface area contributed by atoms with Gasteiger partial charge in [-0.2, -0.15) is 0 Å². The molecular formula is C25H41N9O8. The van der Waals surface area contributed by atoms with Crippen molar-refractivity contribution < 1.29 is 38.7 Å². The number of imidazole rings is 1. The summed E-state index contributed by atoms with van der Waals surface area (Å²) < 4.78 is 0. The number of unbranched alkanes of at least 4 members (excludes halogenated alkanes) is 1. The van der Waals surface area contributed by atoms with Crippen molar-refractivity contribution in [2.75, 3.05) is 13.1 Å². The van der Waals surface area contributed by atoms with E-state index >= 15 is 0 Å². The molecule has 11 N–H and O–H groups in total. The molecule has 0 aliphatic rings. The largest absolute Gasteiger partial charge is 0.481 e. The molecule has 1 aromatic rings. The zero-order chi connectivity index (χ0) is 31.8. The Morgan fingerprint density at radius 3 is 2.12 bits per heavy atom. The van der Waals surface area contributed by atoms with Gasteiger partial charge in [0, 0.05) is 25.2 Å². The molecule has 17 nitrogen and oxygen atoms in total. The lowest BCUT2D eigenvalue weighted by Gasteiger charge is -2.25. The van der Waals surface area contributed by atoms with Crippen LogP contribution in [0.2, 0.25) is 0 Å². The van der Waals surface area contributed by atoms with E-state index in [-0.39, 0.29) is 12.8 Å². The van der Waals surface area contributed by atoms with E-state index in [0.717, 1.165) is 6.92 Å². The molecule has 0 aliphatic heterocycles. The van der Waals surface area contributed by atoms with Crippen LogP contribution < -0.4 is 38.1 Å². The second-order valence-corrected chi connectivity index (χ2v) is 9.95. The number of primary amides is 1. The van der Waals surface area contributed by atoms with Gasteiger partial charge in [-0.05, 0) is 31.7 Å². The Balaban J connectivity index is 2.90. The number of aromatic amines is 1. The maximum atomic E-state index is 13.0. The quantitative estimate of drug-likeness (QED) is 0.0721. The molecule has 0 radical (unpaired) electrons. The molecule has 42 heavy (non-hydrogen) atoms. The molecule has 234 valence electrons. The Kier molecular flexibility index (Phi) is 15.2. The third-order valence-electron chi connectivity index (χ3n) is 5.98. The first-order valence-corrected chi connectivity index (χ1v) is 13.4. The third kappa shape index (κ3) is 13.2. The van der Waals surface area contributed by atoms with Gasteiger partial charge in [-0.25, -0.2) is 4.98 Å². The van der Waals surface area contributed by atoms with Gasteiger partial charge in [-0.1, -0.05) is 13.8 Å². The van der Waals surface area contributed by atoms with Crippen LogP contribution in [0.4, 0.5) is 0 Å². The number of H-pyrrole nitrogens is 1. The molecule has 4 atom stereocenters. The SMILES string of the molecule is CC(=O)N[C@@H](CC(=O)O)C(=O)N[C@@H](Cc1cnc[nH]1)C(=O)NCC(=O)N[C@H](C(=O)N[C@@H](CCCCN)C(N)=O)C(C)C. The molecule has 1 aromatic heterocycles. The Morgan fingerprint density at radius 2 is 1.60 bits per heavy atom. The molecule has 0 aromatic carbocycles. The highest BCUT2D eigenvalue weighted by Crippen LogP contribution is 2.06. The monoisotopic (exact) mass is 595 g/mol. The molecule has 0 bridgehead atoms. The number of carbonyl (C=O) groups is 7. The zero-order valence-electron chi connectivity index (χ0n) is 23.9. The lowest BCUT2D eigenvalue weighted by atomic mass is 10.0. The number of hydrogen-bond donors (Lipinski definition) is 9. The van der Waals surface area contributed by atoms with Crippen LogP contribution in [0.1, 0.15) is 52.1 Å². The topological polar surface area (TPSA) is 281 Å². The summed E-state index contributed by atoms with van der Waals surface area (Å²) in [6.07, 6.45) is 3.41. The van der Waals surface area contributed by atoms with Gasteiger partial charge < -0.3 is 48.1 Å². The predicted octanol–water partition coefficient (Wildman–Crippen LogP) is -3.23. The number of carbonyl (C=O) groups excluding carboxylic acids is 6. The molecule has 17 heteroatoms. The normalized spacial score (nSPS) is 13.6. The van der Waals surface area contributed by atoms with E-state index in [0.29, 0.717) is 25.1 Å². The highest BCUT2D eigenvalue weighted by Gasteiger charge is 2.30. The minimum Gasteiger partial charge on any atom is -0.481 e. The standard InChI is InChI=1S/C25H41N9O8/c1-13(2)21(25(42)32-16(22(27)39)6-4-5-7-26)34-19(36)11-29-23(40)17(8-15-10-28-12-30-15)33-24(41)18(9-20(37)38)31-14(3)35/h10,12-13,16-18,21H,4-9,11,26H2,1-3H3,(H2,27,39)(H,28,30)(H,29,40)(H,31,35)(H,32,42)(H,33,41)(H,34,36)(H,37,38)/t16-,17-,18-,21-/m0/s1. The fraction of sp³-hybridized carbons (Fsp3) is 0.600. The van der Waals surface area contributed by atoms with E-state index in [2.05, 4.69) is 36.6 Å². The van der Waals surface area contributed by atoms with Crippen molar-refractivity contribution in [3.63, 3.8) is 0 Å². The molecular weight excluding hydrogens is 554 g/mol. The Labute approximate surface area is 242 Å². The molecule has 0 spiro atoms. The van der Waals surface area contributed by atoms with Gasteiger partial charge in [0.1, 0.15) is 24.2 Å². The van der Waals surface area contributed by atoms with Crippen LogP contribution in [-0.4, -0.2) is 93.7 Å². The van der Waals surface area contributed by atoms with E-state index in [1.165, 1.54) is 12.5 Å². The van der Waals surface area contributed by atoms with Crippen molar-refractivity contribution in [2.24, 2.45) is 17.4 Å². The van der Waals surface area contributed by atoms with Crippen LogP contribution in [0.3, 0.4) is 0 Å². The minimum atomic E-state index is -1.45. The lowest BCUT2D eigenvalue weighted by molar-refractivity contribution is -0.141. The minimum absolute atomic E-state index is 0.102. The highest BCUT2D eigenvalue weighted by atomic mass is 16.4. The number of nitrogens with zero attached hydrogens (tertiary/aromatic N) is 1. The van der Waals surface area contributed by atoms with Crippen molar-refractivity contribution in [3.05, 3.63) is 18.2 Å². The summed E-state index contributed by atoms with van der Waals surface area (Å²) in [6, 6.07) is -4.74. The summed E-state index contributed by atoms with van der Waals surface area (Å²) in [6.45, 7) is 4.30. The predicted molar refractivity (Wildman–Crippen MR) is 148 cm³/mol. The number of hydrogen-bond acceptors (Lipinski definition) is 9. The number of carboxylic acid groups (broad SMARTS) is 1. The van der Waals surface area contributed by atoms with Gasteiger partial charge in [-0.3, -0.25) is 33.6 Å². The average molecular weight is 596 g/mol. The number of aromatic nitrogens is 2. The van der Waals surface area contributed by atoms with Crippen LogP contribution in [0.25, 0.3) is 0 Å². The van der Waals surface area contributed by atoms with E-state index in [1.54, 1.807) is 13.8 Å². The smallest absolute Gasteiger partial charge is 0.305 e. The van der Waals surface area contributed by atoms with Crippen molar-refractivity contribution >= 4 is 41.4 Å². The van der Waals surface area contributed by atoms with Crippen molar-refractivity contribution in [3.8, 4) is 0 Å². The summed E-state index contributed by atoms with van der Waals surface area (Å²) in [5.41, 5.74) is 11.3. The van der Waals surface area contributed by atoms with Gasteiger partial charge in [0.05, 0.1) is 19.3 Å². The van der Waals surface area contributed by atoms with Crippen molar-refractivity contribution in [1.29, 1.82) is 0 Å². The second kappa shape index (κ2) is 18.0. The van der Waals surface area contributed by atoms with Crippen LogP contribution >= 0.6 is 0 Å². The van der Waals surface area contributed by atoms with E-state index < -0.39 is 84.5 Å². The van der Waals surface area contributed by atoms with Gasteiger partial charge in [0.15, 0.2) is 0 Å². The molecule has 6 amide bonds. The number of amides is 6. The van der Waals surface area contributed by atoms with Gasteiger partial charge in [0.25, 0.3) is 0 Å². The molecule has 1 heterocycles. The van der Waals surface area contributed by atoms with Gasteiger partial charge in [0.2, 0.25) is 35.4 Å². The molecule has 0 saturated heterocycles. The fourth-order valence-corrected chi connectivity index (χ4v) is 3.82.